The Kier molecular flexibility index (Phi) is 4.51. The molecule has 0 saturated heterocycles. The van der Waals surface area contributed by atoms with Gasteiger partial charge >= 0.3 is 6.18 Å². The fraction of sp³-hybridized carbons (Fsp3) is 1.00. The van der Waals surface area contributed by atoms with Crippen LogP contribution < -0.4 is 0 Å². The summed E-state index contributed by atoms with van der Waals surface area (Å²) in [6.45, 7) is 0.638. The summed E-state index contributed by atoms with van der Waals surface area (Å²) in [5.41, 5.74) is 0. The lowest BCUT2D eigenvalue weighted by Gasteiger charge is -2.22. The molecule has 0 saturated carbocycles. The van der Waals surface area contributed by atoms with Gasteiger partial charge in [-0.3, -0.25) is 0 Å². The van der Waals surface area contributed by atoms with Gasteiger partial charge in [0, 0.05) is 6.61 Å². The highest BCUT2D eigenvalue weighted by Crippen LogP contribution is 2.23. The van der Waals surface area contributed by atoms with E-state index in [2.05, 4.69) is 4.74 Å². The number of rotatable bonds is 4. The van der Waals surface area contributed by atoms with Gasteiger partial charge in [0.1, 0.15) is 6.10 Å². The summed E-state index contributed by atoms with van der Waals surface area (Å²) in [4.78, 5) is 0. The number of alkyl halides is 3. The maximum Gasteiger partial charge on any atom is 0.417 e. The summed E-state index contributed by atoms with van der Waals surface area (Å²) in [6, 6.07) is 0. The van der Waals surface area contributed by atoms with Gasteiger partial charge in [0.05, 0.1) is 6.61 Å². The molecule has 12 heavy (non-hydrogen) atoms. The third-order valence-corrected chi connectivity index (χ3v) is 1.25. The lowest BCUT2D eigenvalue weighted by molar-refractivity contribution is -0.240. The monoisotopic (exact) mass is 188 g/mol. The minimum atomic E-state index is -4.75. The van der Waals surface area contributed by atoms with Crippen molar-refractivity contribution in [1.82, 2.24) is 0 Å². The van der Waals surface area contributed by atoms with Crippen molar-refractivity contribution in [2.24, 2.45) is 0 Å². The molecule has 0 aromatic rings. The first-order valence-electron chi connectivity index (χ1n) is 3.40. The SMILES string of the molecule is CCOC(CO)C(O)C(F)(F)F. The first kappa shape index (κ1) is 11.7. The van der Waals surface area contributed by atoms with E-state index in [1.54, 1.807) is 0 Å². The fourth-order valence-electron chi connectivity index (χ4n) is 0.669. The van der Waals surface area contributed by atoms with Crippen LogP contribution in [-0.2, 0) is 4.74 Å². The molecule has 3 nitrogen and oxygen atoms in total. The van der Waals surface area contributed by atoms with Crippen LogP contribution in [0.1, 0.15) is 6.92 Å². The van der Waals surface area contributed by atoms with Crippen LogP contribution in [0.5, 0.6) is 0 Å². The lowest BCUT2D eigenvalue weighted by Crippen LogP contribution is -2.43. The number of hydrogen-bond donors (Lipinski definition) is 2. The molecule has 2 atom stereocenters. The largest absolute Gasteiger partial charge is 0.417 e. The van der Waals surface area contributed by atoms with Crippen LogP contribution in [0.15, 0.2) is 0 Å². The summed E-state index contributed by atoms with van der Waals surface area (Å²) in [6.07, 6.45) is -8.96. The second-order valence-electron chi connectivity index (χ2n) is 2.16. The van der Waals surface area contributed by atoms with Crippen LogP contribution in [0.2, 0.25) is 0 Å². The number of aliphatic hydroxyl groups excluding tert-OH is 2. The summed E-state index contributed by atoms with van der Waals surface area (Å²) in [5, 5.41) is 17.0. The van der Waals surface area contributed by atoms with Gasteiger partial charge in [-0.1, -0.05) is 0 Å². The first-order chi connectivity index (χ1) is 5.43. The van der Waals surface area contributed by atoms with Crippen molar-refractivity contribution in [1.29, 1.82) is 0 Å². The second kappa shape index (κ2) is 4.64. The van der Waals surface area contributed by atoms with Crippen LogP contribution in [0.3, 0.4) is 0 Å². The molecule has 0 aromatic heterocycles. The Morgan fingerprint density at radius 3 is 2.17 bits per heavy atom. The Labute approximate surface area is 67.8 Å². The zero-order valence-corrected chi connectivity index (χ0v) is 6.51. The standard InChI is InChI=1S/C6H11F3O3/c1-2-12-4(3-10)5(11)6(7,8)9/h4-5,10-11H,2-3H2,1H3. The van der Waals surface area contributed by atoms with Crippen LogP contribution >= 0.6 is 0 Å². The highest BCUT2D eigenvalue weighted by Gasteiger charge is 2.43. The van der Waals surface area contributed by atoms with Crippen LogP contribution in [-0.4, -0.2) is 41.8 Å². The summed E-state index contributed by atoms with van der Waals surface area (Å²) in [5.74, 6) is 0. The molecule has 0 fully saturated rings. The van der Waals surface area contributed by atoms with Crippen LogP contribution in [0, 0.1) is 0 Å². The van der Waals surface area contributed by atoms with E-state index in [-0.39, 0.29) is 6.61 Å². The molecule has 0 aliphatic heterocycles. The maximum atomic E-state index is 11.8. The van der Waals surface area contributed by atoms with Crippen molar-refractivity contribution in [3.63, 3.8) is 0 Å². The Balaban J connectivity index is 4.11. The zero-order chi connectivity index (χ0) is 9.78. The Bertz CT molecular complexity index is 126. The zero-order valence-electron chi connectivity index (χ0n) is 6.51. The Morgan fingerprint density at radius 2 is 1.92 bits per heavy atom. The van der Waals surface area contributed by atoms with E-state index in [1.165, 1.54) is 6.92 Å². The molecule has 0 bridgehead atoms. The molecule has 0 amide bonds. The van der Waals surface area contributed by atoms with Gasteiger partial charge in [0.2, 0.25) is 0 Å². The Hall–Kier alpha value is -0.330. The molecule has 6 heteroatoms. The van der Waals surface area contributed by atoms with E-state index >= 15 is 0 Å². The van der Waals surface area contributed by atoms with E-state index in [0.717, 1.165) is 0 Å². The number of ether oxygens (including phenoxy) is 1. The lowest BCUT2D eigenvalue weighted by atomic mass is 10.2. The van der Waals surface area contributed by atoms with Crippen LogP contribution in [0.25, 0.3) is 0 Å². The van der Waals surface area contributed by atoms with Gasteiger partial charge < -0.3 is 14.9 Å². The minimum Gasteiger partial charge on any atom is -0.394 e. The average Bonchev–Trinajstić information content (AvgIpc) is 1.97. The van der Waals surface area contributed by atoms with Crippen molar-refractivity contribution in [2.75, 3.05) is 13.2 Å². The quantitative estimate of drug-likeness (QED) is 0.667. The van der Waals surface area contributed by atoms with Crippen molar-refractivity contribution in [3.8, 4) is 0 Å². The number of aliphatic hydroxyl groups is 2. The Morgan fingerprint density at radius 1 is 1.42 bits per heavy atom. The van der Waals surface area contributed by atoms with Gasteiger partial charge in [-0.2, -0.15) is 13.2 Å². The summed E-state index contributed by atoms with van der Waals surface area (Å²) >= 11 is 0. The molecule has 0 aromatic carbocycles. The van der Waals surface area contributed by atoms with E-state index in [4.69, 9.17) is 10.2 Å². The van der Waals surface area contributed by atoms with Crippen molar-refractivity contribution >= 4 is 0 Å². The molecule has 2 N–H and O–H groups in total. The molecule has 74 valence electrons. The molecule has 2 unspecified atom stereocenters. The molecular weight excluding hydrogens is 177 g/mol. The van der Waals surface area contributed by atoms with Crippen LogP contribution in [0.4, 0.5) is 13.2 Å². The van der Waals surface area contributed by atoms with E-state index < -0.39 is 25.0 Å². The smallest absolute Gasteiger partial charge is 0.394 e. The second-order valence-corrected chi connectivity index (χ2v) is 2.16. The average molecular weight is 188 g/mol. The molecule has 0 aliphatic carbocycles. The van der Waals surface area contributed by atoms with Gasteiger partial charge in [-0.05, 0) is 6.92 Å². The maximum absolute atomic E-state index is 11.8. The normalized spacial score (nSPS) is 17.5. The van der Waals surface area contributed by atoms with Crippen molar-refractivity contribution < 1.29 is 28.1 Å². The highest BCUT2D eigenvalue weighted by molar-refractivity contribution is 4.75. The molecule has 0 aliphatic rings. The highest BCUT2D eigenvalue weighted by atomic mass is 19.4. The van der Waals surface area contributed by atoms with Gasteiger partial charge in [-0.25, -0.2) is 0 Å². The van der Waals surface area contributed by atoms with Crippen molar-refractivity contribution in [2.45, 2.75) is 25.3 Å². The predicted molar refractivity (Wildman–Crippen MR) is 34.6 cm³/mol. The molecule has 0 heterocycles. The third kappa shape index (κ3) is 3.38. The topological polar surface area (TPSA) is 49.7 Å². The molecular formula is C6H11F3O3. The van der Waals surface area contributed by atoms with Gasteiger partial charge in [0.15, 0.2) is 6.10 Å². The number of halogens is 3. The summed E-state index contributed by atoms with van der Waals surface area (Å²) in [7, 11) is 0. The minimum absolute atomic E-state index is 0.0123. The van der Waals surface area contributed by atoms with Gasteiger partial charge in [0.25, 0.3) is 0 Å². The van der Waals surface area contributed by atoms with E-state index in [0.29, 0.717) is 0 Å². The summed E-state index contributed by atoms with van der Waals surface area (Å²) < 4.78 is 39.8. The van der Waals surface area contributed by atoms with Crippen molar-refractivity contribution in [3.05, 3.63) is 0 Å². The molecule has 0 rings (SSSR count). The molecule has 0 radical (unpaired) electrons. The van der Waals surface area contributed by atoms with E-state index in [9.17, 15) is 13.2 Å². The predicted octanol–water partition coefficient (Wildman–Crippen LogP) is 0.307. The molecule has 0 spiro atoms. The van der Waals surface area contributed by atoms with E-state index in [1.807, 2.05) is 0 Å². The number of hydrogen-bond acceptors (Lipinski definition) is 3. The van der Waals surface area contributed by atoms with Gasteiger partial charge in [-0.15, -0.1) is 0 Å². The third-order valence-electron chi connectivity index (χ3n) is 1.25. The fourth-order valence-corrected chi connectivity index (χ4v) is 0.669. The first-order valence-corrected chi connectivity index (χ1v) is 3.40.